The van der Waals surface area contributed by atoms with Crippen LogP contribution >= 0.6 is 0 Å². The highest BCUT2D eigenvalue weighted by Crippen LogP contribution is 2.26. The molecular weight excluding hydrogens is 320 g/mol. The van der Waals surface area contributed by atoms with Crippen LogP contribution in [0.4, 0.5) is 16.4 Å². The molecule has 4 N–H and O–H groups in total. The average Bonchev–Trinajstić information content (AvgIpc) is 2.98. The van der Waals surface area contributed by atoms with E-state index in [0.717, 1.165) is 16.8 Å². The number of nitrogens with one attached hydrogen (secondary N) is 4. The fraction of sp³-hybridized carbons (Fsp3) is 0.294. The fourth-order valence-corrected chi connectivity index (χ4v) is 2.59. The van der Waals surface area contributed by atoms with Crippen LogP contribution in [0.5, 0.6) is 0 Å². The smallest absolute Gasteiger partial charge is 0.315 e. The molecule has 1 aliphatic rings. The molecule has 0 fully saturated rings. The van der Waals surface area contributed by atoms with Gasteiger partial charge in [-0.2, -0.15) is 0 Å². The second kappa shape index (κ2) is 7.61. The summed E-state index contributed by atoms with van der Waals surface area (Å²) >= 11 is 0. The molecule has 0 aliphatic carbocycles. The normalized spacial score (nSPS) is 13.6. The van der Waals surface area contributed by atoms with Crippen LogP contribution in [0.3, 0.4) is 0 Å². The summed E-state index contributed by atoms with van der Waals surface area (Å²) < 4.78 is 0. The SMILES string of the molecule is C[C@H](NC(=O)NCCNc1ncccn1)c1ccc2c(c1)CC(=O)N2. The molecule has 0 unspecified atom stereocenters. The van der Waals surface area contributed by atoms with E-state index in [1.165, 1.54) is 0 Å². The minimum atomic E-state index is -0.252. The molecule has 1 aromatic carbocycles. The first-order valence-electron chi connectivity index (χ1n) is 8.10. The number of hydrogen-bond donors (Lipinski definition) is 4. The Kier molecular flexibility index (Phi) is 5.08. The molecule has 3 amide bonds. The van der Waals surface area contributed by atoms with Gasteiger partial charge in [-0.3, -0.25) is 4.79 Å². The predicted molar refractivity (Wildman–Crippen MR) is 94.2 cm³/mol. The number of hydrogen-bond acceptors (Lipinski definition) is 5. The number of amides is 3. The highest BCUT2D eigenvalue weighted by Gasteiger charge is 2.19. The molecule has 0 saturated carbocycles. The highest BCUT2D eigenvalue weighted by molar-refractivity contribution is 5.99. The van der Waals surface area contributed by atoms with Crippen LogP contribution in [0.15, 0.2) is 36.7 Å². The highest BCUT2D eigenvalue weighted by atomic mass is 16.2. The van der Waals surface area contributed by atoms with Gasteiger partial charge in [0.15, 0.2) is 0 Å². The van der Waals surface area contributed by atoms with Gasteiger partial charge in [-0.25, -0.2) is 14.8 Å². The van der Waals surface area contributed by atoms with Gasteiger partial charge in [0.2, 0.25) is 11.9 Å². The number of carbonyl (C=O) groups is 2. The number of fused-ring (bicyclic) bond motifs is 1. The van der Waals surface area contributed by atoms with E-state index >= 15 is 0 Å². The monoisotopic (exact) mass is 340 g/mol. The Hall–Kier alpha value is -3.16. The Morgan fingerprint density at radius 1 is 1.28 bits per heavy atom. The van der Waals surface area contributed by atoms with Crippen molar-refractivity contribution in [2.75, 3.05) is 23.7 Å². The van der Waals surface area contributed by atoms with Gasteiger partial charge in [0.1, 0.15) is 0 Å². The molecule has 3 rings (SSSR count). The van der Waals surface area contributed by atoms with Crippen molar-refractivity contribution < 1.29 is 9.59 Å². The molecule has 1 aromatic heterocycles. The number of aromatic nitrogens is 2. The van der Waals surface area contributed by atoms with E-state index in [0.29, 0.717) is 25.5 Å². The van der Waals surface area contributed by atoms with E-state index in [4.69, 9.17) is 0 Å². The van der Waals surface area contributed by atoms with Gasteiger partial charge in [-0.15, -0.1) is 0 Å². The standard InChI is InChI=1S/C17H20N6O2/c1-11(12-3-4-14-13(9-12)10-15(24)23-14)22-17(25)21-8-7-20-16-18-5-2-6-19-16/h2-6,9,11H,7-8,10H2,1H3,(H,23,24)(H,18,19,20)(H2,21,22,25)/t11-/m0/s1. The first-order valence-corrected chi connectivity index (χ1v) is 8.10. The lowest BCUT2D eigenvalue weighted by atomic mass is 10.0. The van der Waals surface area contributed by atoms with Crippen LogP contribution < -0.4 is 21.3 Å². The zero-order valence-corrected chi connectivity index (χ0v) is 13.9. The fourth-order valence-electron chi connectivity index (χ4n) is 2.59. The van der Waals surface area contributed by atoms with Gasteiger partial charge >= 0.3 is 6.03 Å². The summed E-state index contributed by atoms with van der Waals surface area (Å²) in [6.07, 6.45) is 3.68. The molecule has 0 radical (unpaired) electrons. The van der Waals surface area contributed by atoms with E-state index in [-0.39, 0.29) is 18.0 Å². The molecule has 8 heteroatoms. The molecule has 8 nitrogen and oxygen atoms in total. The van der Waals surface area contributed by atoms with Crippen molar-refractivity contribution in [3.05, 3.63) is 47.8 Å². The number of benzene rings is 1. The third-order valence-corrected chi connectivity index (χ3v) is 3.86. The maximum atomic E-state index is 12.0. The molecule has 0 bridgehead atoms. The molecule has 0 saturated heterocycles. The van der Waals surface area contributed by atoms with E-state index in [9.17, 15) is 9.59 Å². The second-order valence-electron chi connectivity index (χ2n) is 5.76. The van der Waals surface area contributed by atoms with Crippen molar-refractivity contribution in [1.29, 1.82) is 0 Å². The molecule has 0 spiro atoms. The lowest BCUT2D eigenvalue weighted by Crippen LogP contribution is -2.39. The molecule has 2 aromatic rings. The Bertz CT molecular complexity index is 765. The molecular formula is C17H20N6O2. The number of nitrogens with zero attached hydrogens (tertiary/aromatic N) is 2. The van der Waals surface area contributed by atoms with Crippen molar-refractivity contribution in [2.45, 2.75) is 19.4 Å². The van der Waals surface area contributed by atoms with Gasteiger partial charge in [0.05, 0.1) is 12.5 Å². The molecule has 130 valence electrons. The van der Waals surface area contributed by atoms with E-state index < -0.39 is 0 Å². The number of rotatable bonds is 6. The summed E-state index contributed by atoms with van der Waals surface area (Å²) in [4.78, 5) is 31.5. The van der Waals surface area contributed by atoms with Gasteiger partial charge in [0.25, 0.3) is 0 Å². The average molecular weight is 340 g/mol. The summed E-state index contributed by atoms with van der Waals surface area (Å²) in [6, 6.07) is 7.05. The third-order valence-electron chi connectivity index (χ3n) is 3.86. The minimum Gasteiger partial charge on any atom is -0.352 e. The van der Waals surface area contributed by atoms with Gasteiger partial charge < -0.3 is 21.3 Å². The van der Waals surface area contributed by atoms with Crippen molar-refractivity contribution in [3.8, 4) is 0 Å². The van der Waals surface area contributed by atoms with Crippen molar-refractivity contribution in [3.63, 3.8) is 0 Å². The Morgan fingerprint density at radius 2 is 2.08 bits per heavy atom. The van der Waals surface area contributed by atoms with Crippen LogP contribution in [0.25, 0.3) is 0 Å². The Labute approximate surface area is 145 Å². The van der Waals surface area contributed by atoms with Gasteiger partial charge in [-0.05, 0) is 30.2 Å². The number of anilines is 2. The number of urea groups is 1. The zero-order valence-electron chi connectivity index (χ0n) is 13.9. The molecule has 1 atom stereocenters. The largest absolute Gasteiger partial charge is 0.352 e. The van der Waals surface area contributed by atoms with Crippen molar-refractivity contribution in [2.24, 2.45) is 0 Å². The summed E-state index contributed by atoms with van der Waals surface area (Å²) in [5.41, 5.74) is 2.77. The summed E-state index contributed by atoms with van der Waals surface area (Å²) in [5.74, 6) is 0.528. The lowest BCUT2D eigenvalue weighted by molar-refractivity contribution is -0.115. The van der Waals surface area contributed by atoms with Crippen LogP contribution in [0.2, 0.25) is 0 Å². The molecule has 1 aliphatic heterocycles. The first kappa shape index (κ1) is 16.7. The van der Waals surface area contributed by atoms with E-state index in [1.54, 1.807) is 18.5 Å². The second-order valence-corrected chi connectivity index (χ2v) is 5.76. The summed E-state index contributed by atoms with van der Waals surface area (Å²) in [6.45, 7) is 2.87. The maximum absolute atomic E-state index is 12.0. The van der Waals surface area contributed by atoms with Crippen molar-refractivity contribution >= 4 is 23.6 Å². The van der Waals surface area contributed by atoms with Crippen LogP contribution in [0.1, 0.15) is 24.1 Å². The zero-order chi connectivity index (χ0) is 17.6. The molecule has 2 heterocycles. The Balaban J connectivity index is 1.43. The summed E-state index contributed by atoms with van der Waals surface area (Å²) in [7, 11) is 0. The van der Waals surface area contributed by atoms with Gasteiger partial charge in [-0.1, -0.05) is 12.1 Å². The maximum Gasteiger partial charge on any atom is 0.315 e. The topological polar surface area (TPSA) is 108 Å². The van der Waals surface area contributed by atoms with Crippen LogP contribution in [-0.2, 0) is 11.2 Å². The lowest BCUT2D eigenvalue weighted by Gasteiger charge is -2.16. The van der Waals surface area contributed by atoms with Crippen LogP contribution in [0, 0.1) is 0 Å². The molecule has 25 heavy (non-hydrogen) atoms. The Morgan fingerprint density at radius 3 is 2.88 bits per heavy atom. The van der Waals surface area contributed by atoms with Crippen molar-refractivity contribution in [1.82, 2.24) is 20.6 Å². The van der Waals surface area contributed by atoms with E-state index in [1.807, 2.05) is 25.1 Å². The summed E-state index contributed by atoms with van der Waals surface area (Å²) in [5, 5.41) is 11.5. The quantitative estimate of drug-likeness (QED) is 0.595. The number of carbonyl (C=O) groups excluding carboxylic acids is 2. The van der Waals surface area contributed by atoms with Gasteiger partial charge in [0, 0.05) is 31.2 Å². The van der Waals surface area contributed by atoms with E-state index in [2.05, 4.69) is 31.2 Å². The third kappa shape index (κ3) is 4.43. The predicted octanol–water partition coefficient (Wildman–Crippen LogP) is 1.44. The first-order chi connectivity index (χ1) is 12.1. The van der Waals surface area contributed by atoms with Crippen LogP contribution in [-0.4, -0.2) is 35.0 Å². The minimum absolute atomic E-state index is 0.000371.